The van der Waals surface area contributed by atoms with E-state index >= 15 is 0 Å². The number of aromatic nitrogens is 1. The van der Waals surface area contributed by atoms with E-state index in [1.54, 1.807) is 23.1 Å². The van der Waals surface area contributed by atoms with Gasteiger partial charge in [0.15, 0.2) is 5.13 Å². The number of amides is 1. The molecule has 2 aromatic carbocycles. The lowest BCUT2D eigenvalue weighted by Crippen LogP contribution is -2.39. The predicted octanol–water partition coefficient (Wildman–Crippen LogP) is 5.93. The van der Waals surface area contributed by atoms with Crippen LogP contribution in [0.15, 0.2) is 30.3 Å². The zero-order chi connectivity index (χ0) is 22.0. The van der Waals surface area contributed by atoms with Crippen molar-refractivity contribution in [2.45, 2.75) is 13.3 Å². The summed E-state index contributed by atoms with van der Waals surface area (Å²) in [7, 11) is 0. The number of hydrogen-bond donors (Lipinski definition) is 0. The molecule has 1 aliphatic heterocycles. The van der Waals surface area contributed by atoms with Crippen LogP contribution in [0.5, 0.6) is 0 Å². The maximum atomic E-state index is 13.5. The molecule has 0 radical (unpaired) electrons. The van der Waals surface area contributed by atoms with Crippen molar-refractivity contribution in [2.75, 3.05) is 44.3 Å². The highest BCUT2D eigenvalue weighted by Gasteiger charge is 2.24. The average Bonchev–Trinajstić information content (AvgIpc) is 3.17. The first-order valence-electron chi connectivity index (χ1n) is 10.1. The summed E-state index contributed by atoms with van der Waals surface area (Å²) in [5, 5.41) is 2.12. The van der Waals surface area contributed by atoms with E-state index in [-0.39, 0.29) is 5.91 Å². The highest BCUT2D eigenvalue weighted by atomic mass is 35.5. The molecule has 1 aromatic heterocycles. The number of rotatable bonds is 6. The van der Waals surface area contributed by atoms with Gasteiger partial charge in [0.1, 0.15) is 0 Å². The number of morpholine rings is 1. The standard InChI is InChI=1S/C22H22Cl3N3O2S/c1-14-11-16(24)13-19-20(14)26-22(31-19)28(6-2-5-27-7-9-30-10-8-27)21(29)17-12-15(23)3-4-18(17)25/h3-4,11-13H,2,5-10H2,1H3. The molecule has 1 amide bonds. The number of ether oxygens (including phenoxy) is 1. The molecule has 5 nitrogen and oxygen atoms in total. The molecule has 9 heteroatoms. The Hall–Kier alpha value is -1.41. The average molecular weight is 499 g/mol. The fourth-order valence-corrected chi connectivity index (χ4v) is 5.44. The van der Waals surface area contributed by atoms with Gasteiger partial charge in [-0.05, 0) is 49.2 Å². The Labute approximate surface area is 200 Å². The molecule has 2 heterocycles. The zero-order valence-electron chi connectivity index (χ0n) is 17.0. The molecule has 0 bridgehead atoms. The molecule has 0 atom stereocenters. The Balaban J connectivity index is 1.64. The number of carbonyl (C=O) groups is 1. The third kappa shape index (κ3) is 5.33. The van der Waals surface area contributed by atoms with Crippen LogP contribution in [0.25, 0.3) is 10.2 Å². The Morgan fingerprint density at radius 2 is 1.94 bits per heavy atom. The monoisotopic (exact) mass is 497 g/mol. The Bertz CT molecular complexity index is 1100. The summed E-state index contributed by atoms with van der Waals surface area (Å²) in [6, 6.07) is 8.69. The van der Waals surface area contributed by atoms with Gasteiger partial charge in [-0.15, -0.1) is 0 Å². The third-order valence-corrected chi connectivity index (χ3v) is 7.04. The van der Waals surface area contributed by atoms with Crippen LogP contribution in [-0.4, -0.2) is 55.2 Å². The van der Waals surface area contributed by atoms with Crippen LogP contribution in [-0.2, 0) is 4.74 Å². The van der Waals surface area contributed by atoms with Crippen molar-refractivity contribution >= 4 is 67.4 Å². The van der Waals surface area contributed by atoms with E-state index in [1.165, 1.54) is 11.3 Å². The van der Waals surface area contributed by atoms with Crippen LogP contribution in [0.1, 0.15) is 22.3 Å². The Morgan fingerprint density at radius 3 is 2.71 bits per heavy atom. The van der Waals surface area contributed by atoms with E-state index in [9.17, 15) is 4.79 Å². The van der Waals surface area contributed by atoms with Crippen molar-refractivity contribution in [2.24, 2.45) is 0 Å². The number of benzene rings is 2. The molecule has 31 heavy (non-hydrogen) atoms. The number of halogens is 3. The molecular formula is C22H22Cl3N3O2S. The topological polar surface area (TPSA) is 45.7 Å². The largest absolute Gasteiger partial charge is 0.379 e. The molecule has 4 rings (SSSR count). The van der Waals surface area contributed by atoms with Crippen LogP contribution >= 0.6 is 46.1 Å². The Kier molecular flexibility index (Phi) is 7.37. The molecule has 3 aromatic rings. The predicted molar refractivity (Wildman–Crippen MR) is 129 cm³/mol. The number of aryl methyl sites for hydroxylation is 1. The number of hydrogen-bond acceptors (Lipinski definition) is 5. The molecule has 0 spiro atoms. The summed E-state index contributed by atoms with van der Waals surface area (Å²) < 4.78 is 6.37. The van der Waals surface area contributed by atoms with Gasteiger partial charge in [-0.25, -0.2) is 4.98 Å². The number of nitrogens with zero attached hydrogens (tertiary/aromatic N) is 3. The van der Waals surface area contributed by atoms with Crippen molar-refractivity contribution in [3.05, 3.63) is 56.5 Å². The Morgan fingerprint density at radius 1 is 1.16 bits per heavy atom. The molecule has 0 N–H and O–H groups in total. The number of thiazole rings is 1. The minimum absolute atomic E-state index is 0.211. The van der Waals surface area contributed by atoms with Crippen LogP contribution in [0.4, 0.5) is 5.13 Å². The van der Waals surface area contributed by atoms with E-state index in [4.69, 9.17) is 44.5 Å². The summed E-state index contributed by atoms with van der Waals surface area (Å²) >= 11 is 20.2. The zero-order valence-corrected chi connectivity index (χ0v) is 20.1. The summed E-state index contributed by atoms with van der Waals surface area (Å²) in [6.45, 7) is 6.69. The first kappa shape index (κ1) is 22.8. The minimum atomic E-state index is -0.211. The molecular weight excluding hydrogens is 477 g/mol. The number of fused-ring (bicyclic) bond motifs is 1. The molecule has 1 saturated heterocycles. The SMILES string of the molecule is Cc1cc(Cl)cc2sc(N(CCCN3CCOCC3)C(=O)c3cc(Cl)ccc3Cl)nc12. The molecule has 0 unspecified atom stereocenters. The molecule has 1 fully saturated rings. The normalized spacial score (nSPS) is 14.8. The van der Waals surface area contributed by atoms with Gasteiger partial charge in [-0.1, -0.05) is 46.1 Å². The second-order valence-corrected chi connectivity index (χ2v) is 9.74. The van der Waals surface area contributed by atoms with Crippen molar-refractivity contribution < 1.29 is 9.53 Å². The smallest absolute Gasteiger partial charge is 0.261 e. The van der Waals surface area contributed by atoms with Gasteiger partial charge < -0.3 is 4.74 Å². The van der Waals surface area contributed by atoms with Crippen molar-refractivity contribution in [3.63, 3.8) is 0 Å². The maximum absolute atomic E-state index is 13.5. The van der Waals surface area contributed by atoms with E-state index in [1.807, 2.05) is 19.1 Å². The van der Waals surface area contributed by atoms with Gasteiger partial charge in [0.25, 0.3) is 5.91 Å². The number of anilines is 1. The van der Waals surface area contributed by atoms with Gasteiger partial charge >= 0.3 is 0 Å². The minimum Gasteiger partial charge on any atom is -0.379 e. The first-order chi connectivity index (χ1) is 14.9. The summed E-state index contributed by atoms with van der Waals surface area (Å²) in [4.78, 5) is 22.3. The van der Waals surface area contributed by atoms with E-state index < -0.39 is 0 Å². The van der Waals surface area contributed by atoms with Crippen LogP contribution in [0.2, 0.25) is 15.1 Å². The second kappa shape index (κ2) is 10.0. The molecule has 0 saturated carbocycles. The fraction of sp³-hybridized carbons (Fsp3) is 0.364. The van der Waals surface area contributed by atoms with Gasteiger partial charge in [0, 0.05) is 36.2 Å². The maximum Gasteiger partial charge on any atom is 0.261 e. The second-order valence-electron chi connectivity index (χ2n) is 7.45. The lowest BCUT2D eigenvalue weighted by atomic mass is 10.2. The summed E-state index contributed by atoms with van der Waals surface area (Å²) in [6.07, 6.45) is 0.805. The van der Waals surface area contributed by atoms with Crippen molar-refractivity contribution in [1.29, 1.82) is 0 Å². The third-order valence-electron chi connectivity index (χ3n) is 5.23. The molecule has 164 valence electrons. The van der Waals surface area contributed by atoms with Gasteiger partial charge in [-0.2, -0.15) is 0 Å². The van der Waals surface area contributed by atoms with Gasteiger partial charge in [-0.3, -0.25) is 14.6 Å². The van der Waals surface area contributed by atoms with E-state index in [0.29, 0.717) is 32.3 Å². The lowest BCUT2D eigenvalue weighted by molar-refractivity contribution is 0.0376. The molecule has 1 aliphatic rings. The van der Waals surface area contributed by atoms with Crippen LogP contribution < -0.4 is 4.90 Å². The van der Waals surface area contributed by atoms with Crippen molar-refractivity contribution in [3.8, 4) is 0 Å². The molecule has 0 aliphatic carbocycles. The van der Waals surface area contributed by atoms with Crippen molar-refractivity contribution in [1.82, 2.24) is 9.88 Å². The van der Waals surface area contributed by atoms with E-state index in [2.05, 4.69) is 4.90 Å². The first-order valence-corrected chi connectivity index (χ1v) is 12.0. The van der Waals surface area contributed by atoms with E-state index in [0.717, 1.165) is 55.0 Å². The summed E-state index contributed by atoms with van der Waals surface area (Å²) in [5.41, 5.74) is 2.20. The fourth-order valence-electron chi connectivity index (χ4n) is 3.63. The lowest BCUT2D eigenvalue weighted by Gasteiger charge is -2.27. The van der Waals surface area contributed by atoms with Crippen LogP contribution in [0, 0.1) is 6.92 Å². The highest BCUT2D eigenvalue weighted by Crippen LogP contribution is 2.34. The van der Waals surface area contributed by atoms with Gasteiger partial charge in [0.05, 0.1) is 34.0 Å². The summed E-state index contributed by atoms with van der Waals surface area (Å²) in [5.74, 6) is -0.211. The number of carbonyl (C=O) groups excluding carboxylic acids is 1. The van der Waals surface area contributed by atoms with Crippen LogP contribution in [0.3, 0.4) is 0 Å². The highest BCUT2D eigenvalue weighted by molar-refractivity contribution is 7.22. The van der Waals surface area contributed by atoms with Gasteiger partial charge in [0.2, 0.25) is 0 Å². The quantitative estimate of drug-likeness (QED) is 0.422.